The Balaban J connectivity index is 2.01. The molecule has 0 bridgehead atoms. The highest BCUT2D eigenvalue weighted by Gasteiger charge is 2.14. The van der Waals surface area contributed by atoms with Crippen molar-refractivity contribution in [1.82, 2.24) is 4.98 Å². The van der Waals surface area contributed by atoms with E-state index >= 15 is 0 Å². The summed E-state index contributed by atoms with van der Waals surface area (Å²) in [6, 6.07) is 8.44. The van der Waals surface area contributed by atoms with Gasteiger partial charge in [0.15, 0.2) is 5.13 Å². The molecule has 1 aromatic carbocycles. The maximum Gasteiger partial charge on any atom is 0.180 e. The van der Waals surface area contributed by atoms with Gasteiger partial charge in [0, 0.05) is 11.8 Å². The first-order valence-electron chi connectivity index (χ1n) is 4.83. The predicted octanol–water partition coefficient (Wildman–Crippen LogP) is 2.82. The van der Waals surface area contributed by atoms with Crippen LogP contribution in [0.15, 0.2) is 29.6 Å². The number of hydrogen-bond acceptors (Lipinski definition) is 3. The lowest BCUT2D eigenvalue weighted by Gasteiger charge is -1.96. The second-order valence-electron chi connectivity index (χ2n) is 3.62. The minimum atomic E-state index is 0.641. The van der Waals surface area contributed by atoms with E-state index < -0.39 is 0 Å². The van der Waals surface area contributed by atoms with Gasteiger partial charge in [-0.2, -0.15) is 0 Å². The van der Waals surface area contributed by atoms with Gasteiger partial charge >= 0.3 is 0 Å². The largest absolute Gasteiger partial charge is 0.375 e. The fourth-order valence-corrected chi connectivity index (χ4v) is 2.47. The van der Waals surface area contributed by atoms with Crippen molar-refractivity contribution < 1.29 is 0 Å². The molecule has 0 fully saturated rings. The highest BCUT2D eigenvalue weighted by molar-refractivity contribution is 7.13. The quantitative estimate of drug-likeness (QED) is 0.792. The van der Waals surface area contributed by atoms with Crippen LogP contribution in [0.4, 0.5) is 5.13 Å². The van der Waals surface area contributed by atoms with Gasteiger partial charge in [0.25, 0.3) is 0 Å². The Hall–Kier alpha value is -1.61. The number of thiazole rings is 1. The number of nitrogens with two attached hydrogens (primary N) is 1. The molecule has 0 saturated heterocycles. The van der Waals surface area contributed by atoms with E-state index in [0.29, 0.717) is 5.13 Å². The van der Waals surface area contributed by atoms with E-state index in [9.17, 15) is 0 Å². The van der Waals surface area contributed by atoms with Crippen molar-refractivity contribution in [2.75, 3.05) is 5.73 Å². The molecule has 1 aliphatic rings. The highest BCUT2D eigenvalue weighted by atomic mass is 32.1. The zero-order valence-corrected chi connectivity index (χ0v) is 8.92. The Kier molecular flexibility index (Phi) is 1.86. The molecule has 0 saturated carbocycles. The molecule has 3 rings (SSSR count). The summed E-state index contributed by atoms with van der Waals surface area (Å²) in [7, 11) is 0. The van der Waals surface area contributed by atoms with Crippen molar-refractivity contribution >= 4 is 28.1 Å². The van der Waals surface area contributed by atoms with Crippen molar-refractivity contribution in [2.24, 2.45) is 0 Å². The van der Waals surface area contributed by atoms with Gasteiger partial charge in [-0.15, -0.1) is 11.3 Å². The van der Waals surface area contributed by atoms with Gasteiger partial charge in [-0.05, 0) is 22.8 Å². The van der Waals surface area contributed by atoms with E-state index in [1.165, 1.54) is 28.0 Å². The fourth-order valence-electron chi connectivity index (χ4n) is 1.88. The van der Waals surface area contributed by atoms with Gasteiger partial charge in [0.2, 0.25) is 0 Å². The van der Waals surface area contributed by atoms with Crippen LogP contribution in [0.5, 0.6) is 0 Å². The second kappa shape index (κ2) is 3.21. The minimum Gasteiger partial charge on any atom is -0.375 e. The van der Waals surface area contributed by atoms with Gasteiger partial charge in [-0.25, -0.2) is 4.98 Å². The van der Waals surface area contributed by atoms with Gasteiger partial charge in [0.1, 0.15) is 0 Å². The summed E-state index contributed by atoms with van der Waals surface area (Å²) in [6.07, 6.45) is 3.17. The molecule has 0 radical (unpaired) electrons. The Bertz CT molecular complexity index is 540. The van der Waals surface area contributed by atoms with E-state index in [4.69, 9.17) is 5.73 Å². The first-order chi connectivity index (χ1) is 7.33. The summed E-state index contributed by atoms with van der Waals surface area (Å²) in [5.74, 6) is 0. The molecule has 1 heterocycles. The van der Waals surface area contributed by atoms with Crippen LogP contribution >= 0.6 is 11.3 Å². The minimum absolute atomic E-state index is 0.641. The van der Waals surface area contributed by atoms with Crippen molar-refractivity contribution in [3.05, 3.63) is 46.5 Å². The summed E-state index contributed by atoms with van der Waals surface area (Å²) in [5.41, 5.74) is 10.6. The lowest BCUT2D eigenvalue weighted by Crippen LogP contribution is -1.87. The molecule has 15 heavy (non-hydrogen) atoms. The number of nitrogen functional groups attached to an aromatic ring is 1. The number of fused-ring (bicyclic) bond motifs is 1. The summed E-state index contributed by atoms with van der Waals surface area (Å²) >= 11 is 1.50. The zero-order valence-electron chi connectivity index (χ0n) is 8.10. The van der Waals surface area contributed by atoms with E-state index in [2.05, 4.69) is 35.3 Å². The maximum absolute atomic E-state index is 5.63. The topological polar surface area (TPSA) is 38.9 Å². The molecular formula is C12H10N2S. The van der Waals surface area contributed by atoms with Crippen LogP contribution in [-0.4, -0.2) is 4.98 Å². The monoisotopic (exact) mass is 214 g/mol. The molecule has 0 aliphatic heterocycles. The number of rotatable bonds is 1. The number of anilines is 1. The van der Waals surface area contributed by atoms with Crippen molar-refractivity contribution in [2.45, 2.75) is 6.42 Å². The highest BCUT2D eigenvalue weighted by Crippen LogP contribution is 2.32. The molecule has 74 valence electrons. The number of allylic oxidation sites excluding steroid dienone is 1. The Morgan fingerprint density at radius 3 is 2.87 bits per heavy atom. The molecule has 2 N–H and O–H groups in total. The molecule has 0 unspecified atom stereocenters. The lowest BCUT2D eigenvalue weighted by atomic mass is 10.1. The lowest BCUT2D eigenvalue weighted by molar-refractivity contribution is 1.27. The summed E-state index contributed by atoms with van der Waals surface area (Å²) in [5, 5.41) is 2.66. The summed E-state index contributed by atoms with van der Waals surface area (Å²) in [4.78, 5) is 4.30. The van der Waals surface area contributed by atoms with Crippen LogP contribution < -0.4 is 5.73 Å². The van der Waals surface area contributed by atoms with Gasteiger partial charge < -0.3 is 5.73 Å². The average Bonchev–Trinajstić information content (AvgIpc) is 2.82. The molecule has 1 aliphatic carbocycles. The number of aromatic nitrogens is 1. The number of nitrogens with zero attached hydrogens (tertiary/aromatic N) is 1. The van der Waals surface area contributed by atoms with Gasteiger partial charge in [-0.3, -0.25) is 0 Å². The van der Waals surface area contributed by atoms with Crippen LogP contribution in [0.1, 0.15) is 16.8 Å². The third-order valence-corrected chi connectivity index (χ3v) is 3.29. The van der Waals surface area contributed by atoms with E-state index in [1.54, 1.807) is 0 Å². The molecule has 0 atom stereocenters. The molecule has 2 aromatic rings. The zero-order chi connectivity index (χ0) is 10.3. The number of hydrogen-bond donors (Lipinski definition) is 1. The molecule has 3 heteroatoms. The SMILES string of the molecule is Nc1nc(C2=Cc3ccccc3C2)cs1. The van der Waals surface area contributed by atoms with Crippen LogP contribution in [0.3, 0.4) is 0 Å². The predicted molar refractivity (Wildman–Crippen MR) is 64.5 cm³/mol. The van der Waals surface area contributed by atoms with Crippen molar-refractivity contribution in [3.63, 3.8) is 0 Å². The first-order valence-corrected chi connectivity index (χ1v) is 5.71. The molecule has 0 spiro atoms. The smallest absolute Gasteiger partial charge is 0.180 e. The number of benzene rings is 1. The molecular weight excluding hydrogens is 204 g/mol. The first kappa shape index (κ1) is 8.68. The fraction of sp³-hybridized carbons (Fsp3) is 0.0833. The van der Waals surface area contributed by atoms with Gasteiger partial charge in [-0.1, -0.05) is 24.3 Å². The van der Waals surface area contributed by atoms with Gasteiger partial charge in [0.05, 0.1) is 5.69 Å². The summed E-state index contributed by atoms with van der Waals surface area (Å²) < 4.78 is 0. The van der Waals surface area contributed by atoms with Crippen molar-refractivity contribution in [1.29, 1.82) is 0 Å². The normalized spacial score (nSPS) is 13.7. The van der Waals surface area contributed by atoms with Crippen molar-refractivity contribution in [3.8, 4) is 0 Å². The van der Waals surface area contributed by atoms with Crippen LogP contribution in [-0.2, 0) is 6.42 Å². The van der Waals surface area contributed by atoms with Crippen LogP contribution in [0, 0.1) is 0 Å². The van der Waals surface area contributed by atoms with Crippen LogP contribution in [0.2, 0.25) is 0 Å². The third-order valence-electron chi connectivity index (χ3n) is 2.62. The Labute approximate surface area is 92.1 Å². The second-order valence-corrected chi connectivity index (χ2v) is 4.51. The molecule has 0 amide bonds. The van der Waals surface area contributed by atoms with E-state index in [1.807, 2.05) is 5.38 Å². The standard InChI is InChI=1S/C12H10N2S/c13-12-14-11(7-15-12)10-5-8-3-1-2-4-9(8)6-10/h1-5,7H,6H2,(H2,13,14). The Morgan fingerprint density at radius 2 is 2.13 bits per heavy atom. The molecule has 2 nitrogen and oxygen atoms in total. The van der Waals surface area contributed by atoms with E-state index in [0.717, 1.165) is 12.1 Å². The van der Waals surface area contributed by atoms with E-state index in [-0.39, 0.29) is 0 Å². The Morgan fingerprint density at radius 1 is 1.27 bits per heavy atom. The molecule has 1 aromatic heterocycles. The maximum atomic E-state index is 5.63. The summed E-state index contributed by atoms with van der Waals surface area (Å²) in [6.45, 7) is 0. The third kappa shape index (κ3) is 1.45. The van der Waals surface area contributed by atoms with Crippen LogP contribution in [0.25, 0.3) is 11.6 Å². The average molecular weight is 214 g/mol.